The smallest absolute Gasteiger partial charge is 0.243 e. The highest BCUT2D eigenvalue weighted by molar-refractivity contribution is 6.42. The van der Waals surface area contributed by atoms with Crippen LogP contribution in [0.4, 0.5) is 0 Å². The number of carbonyl (C=O) groups excluding carboxylic acids is 2. The standard InChI is InChI=1S/C28H28Cl4N2O2/c1-2-3-13-33-28(36)26(15-19-7-5-4-6-8-19)34(18-20-9-12-23(30)25(32)14-20)27(35)16-21-10-11-22(29)17-24(21)31/h4-12,14,17,26H,2-3,13,15-16,18H2,1H3,(H,33,36). The molecule has 4 nitrogen and oxygen atoms in total. The molecule has 2 amide bonds. The van der Waals surface area contributed by atoms with E-state index in [2.05, 4.69) is 12.2 Å². The molecule has 8 heteroatoms. The van der Waals surface area contributed by atoms with Gasteiger partial charge >= 0.3 is 0 Å². The quantitative estimate of drug-likeness (QED) is 0.246. The van der Waals surface area contributed by atoms with Crippen LogP contribution in [0.25, 0.3) is 0 Å². The zero-order valence-electron chi connectivity index (χ0n) is 19.9. The summed E-state index contributed by atoms with van der Waals surface area (Å²) in [6.07, 6.45) is 2.18. The van der Waals surface area contributed by atoms with Gasteiger partial charge in [-0.15, -0.1) is 0 Å². The summed E-state index contributed by atoms with van der Waals surface area (Å²) in [5, 5.41) is 4.70. The van der Waals surface area contributed by atoms with Gasteiger partial charge in [0.1, 0.15) is 6.04 Å². The largest absolute Gasteiger partial charge is 0.354 e. The Morgan fingerprint density at radius 1 is 0.861 bits per heavy atom. The van der Waals surface area contributed by atoms with Crippen LogP contribution in [-0.4, -0.2) is 29.3 Å². The minimum atomic E-state index is -0.739. The summed E-state index contributed by atoms with van der Waals surface area (Å²) in [6.45, 7) is 2.78. The van der Waals surface area contributed by atoms with Crippen molar-refractivity contribution in [2.24, 2.45) is 0 Å². The summed E-state index contributed by atoms with van der Waals surface area (Å²) < 4.78 is 0. The first kappa shape index (κ1) is 28.3. The Morgan fingerprint density at radius 2 is 1.61 bits per heavy atom. The molecule has 1 N–H and O–H groups in total. The third-order valence-corrected chi connectivity index (χ3v) is 7.12. The maximum absolute atomic E-state index is 13.8. The van der Waals surface area contributed by atoms with Gasteiger partial charge in [-0.05, 0) is 47.4 Å². The van der Waals surface area contributed by atoms with Gasteiger partial charge in [-0.2, -0.15) is 0 Å². The minimum absolute atomic E-state index is 0.0187. The fourth-order valence-electron chi connectivity index (χ4n) is 3.82. The average molecular weight is 566 g/mol. The second-order valence-corrected chi connectivity index (χ2v) is 10.2. The topological polar surface area (TPSA) is 49.4 Å². The zero-order chi connectivity index (χ0) is 26.1. The van der Waals surface area contributed by atoms with Crippen LogP contribution in [0, 0.1) is 0 Å². The third kappa shape index (κ3) is 8.14. The van der Waals surface area contributed by atoms with Crippen LogP contribution < -0.4 is 5.32 Å². The van der Waals surface area contributed by atoms with E-state index in [4.69, 9.17) is 46.4 Å². The first-order valence-electron chi connectivity index (χ1n) is 11.8. The molecular formula is C28H28Cl4N2O2. The van der Waals surface area contributed by atoms with Crippen molar-refractivity contribution in [3.63, 3.8) is 0 Å². The number of hydrogen-bond donors (Lipinski definition) is 1. The molecule has 0 radical (unpaired) electrons. The van der Waals surface area contributed by atoms with Gasteiger partial charge in [0.2, 0.25) is 11.8 Å². The predicted molar refractivity (Wildman–Crippen MR) is 149 cm³/mol. The lowest BCUT2D eigenvalue weighted by Crippen LogP contribution is -2.51. The van der Waals surface area contributed by atoms with Crippen molar-refractivity contribution in [1.82, 2.24) is 10.2 Å². The fraction of sp³-hybridized carbons (Fsp3) is 0.286. The van der Waals surface area contributed by atoms with E-state index in [1.165, 1.54) is 0 Å². The van der Waals surface area contributed by atoms with Crippen molar-refractivity contribution in [3.05, 3.63) is 104 Å². The molecule has 0 saturated heterocycles. The summed E-state index contributed by atoms with van der Waals surface area (Å²) >= 11 is 24.8. The Hall–Kier alpha value is -2.24. The van der Waals surface area contributed by atoms with Crippen molar-refractivity contribution >= 4 is 58.2 Å². The van der Waals surface area contributed by atoms with Gasteiger partial charge in [-0.3, -0.25) is 9.59 Å². The molecule has 190 valence electrons. The Labute approximate surface area is 232 Å². The van der Waals surface area contributed by atoms with Crippen LogP contribution in [0.3, 0.4) is 0 Å². The SMILES string of the molecule is CCCCNC(=O)C(Cc1ccccc1)N(Cc1ccc(Cl)c(Cl)c1)C(=O)Cc1ccc(Cl)cc1Cl. The van der Waals surface area contributed by atoms with Crippen LogP contribution in [0.1, 0.15) is 36.5 Å². The van der Waals surface area contributed by atoms with Crippen molar-refractivity contribution in [2.45, 2.75) is 45.2 Å². The molecule has 1 unspecified atom stereocenters. The lowest BCUT2D eigenvalue weighted by Gasteiger charge is -2.32. The summed E-state index contributed by atoms with van der Waals surface area (Å²) in [6, 6.07) is 19.1. The van der Waals surface area contributed by atoms with Crippen LogP contribution >= 0.6 is 46.4 Å². The molecule has 0 aliphatic heterocycles. The van der Waals surface area contributed by atoms with Gasteiger partial charge in [0.25, 0.3) is 0 Å². The number of amides is 2. The number of benzene rings is 3. The van der Waals surface area contributed by atoms with Crippen LogP contribution in [0.15, 0.2) is 66.7 Å². The van der Waals surface area contributed by atoms with E-state index < -0.39 is 6.04 Å². The number of nitrogens with one attached hydrogen (secondary N) is 1. The number of halogens is 4. The second-order valence-electron chi connectivity index (χ2n) is 8.53. The minimum Gasteiger partial charge on any atom is -0.354 e. The zero-order valence-corrected chi connectivity index (χ0v) is 23.0. The van der Waals surface area contributed by atoms with Gasteiger partial charge in [-0.1, -0.05) is 102 Å². The molecule has 0 aromatic heterocycles. The Kier molecular flexibility index (Phi) is 10.9. The number of rotatable bonds is 11. The molecule has 0 saturated carbocycles. The van der Waals surface area contributed by atoms with Gasteiger partial charge in [0, 0.05) is 29.6 Å². The van der Waals surface area contributed by atoms with E-state index in [-0.39, 0.29) is 24.8 Å². The first-order valence-corrected chi connectivity index (χ1v) is 13.3. The van der Waals surface area contributed by atoms with E-state index in [1.807, 2.05) is 30.3 Å². The number of carbonyl (C=O) groups is 2. The van der Waals surface area contributed by atoms with E-state index in [0.29, 0.717) is 38.6 Å². The maximum atomic E-state index is 13.8. The highest BCUT2D eigenvalue weighted by atomic mass is 35.5. The Morgan fingerprint density at radius 3 is 2.28 bits per heavy atom. The molecule has 3 aromatic carbocycles. The molecule has 36 heavy (non-hydrogen) atoms. The summed E-state index contributed by atoms with van der Waals surface area (Å²) in [7, 11) is 0. The Bertz CT molecular complexity index is 1190. The summed E-state index contributed by atoms with van der Waals surface area (Å²) in [5.41, 5.74) is 2.35. The summed E-state index contributed by atoms with van der Waals surface area (Å²) in [5.74, 6) is -0.445. The second kappa shape index (κ2) is 13.9. The van der Waals surface area contributed by atoms with Crippen LogP contribution in [0.2, 0.25) is 20.1 Å². The first-order chi connectivity index (χ1) is 17.3. The monoisotopic (exact) mass is 564 g/mol. The van der Waals surface area contributed by atoms with E-state index in [1.54, 1.807) is 41.3 Å². The average Bonchev–Trinajstić information content (AvgIpc) is 2.86. The van der Waals surface area contributed by atoms with Crippen LogP contribution in [0.5, 0.6) is 0 Å². The van der Waals surface area contributed by atoms with Crippen molar-refractivity contribution < 1.29 is 9.59 Å². The molecule has 3 aromatic rings. The number of hydrogen-bond acceptors (Lipinski definition) is 2. The molecule has 0 fully saturated rings. The molecule has 0 aliphatic carbocycles. The molecule has 0 bridgehead atoms. The highest BCUT2D eigenvalue weighted by Gasteiger charge is 2.30. The maximum Gasteiger partial charge on any atom is 0.243 e. The van der Waals surface area contributed by atoms with Gasteiger partial charge in [0.15, 0.2) is 0 Å². The molecular weight excluding hydrogens is 538 g/mol. The lowest BCUT2D eigenvalue weighted by molar-refractivity contribution is -0.140. The molecule has 0 aliphatic rings. The predicted octanol–water partition coefficient (Wildman–Crippen LogP) is 7.40. The molecule has 0 heterocycles. The van der Waals surface area contributed by atoms with Crippen LogP contribution in [-0.2, 0) is 29.0 Å². The van der Waals surface area contributed by atoms with E-state index in [9.17, 15) is 9.59 Å². The van der Waals surface area contributed by atoms with Gasteiger partial charge < -0.3 is 10.2 Å². The summed E-state index contributed by atoms with van der Waals surface area (Å²) in [4.78, 5) is 28.8. The Balaban J connectivity index is 1.98. The molecule has 0 spiro atoms. The third-order valence-electron chi connectivity index (χ3n) is 5.79. The van der Waals surface area contributed by atoms with Crippen molar-refractivity contribution in [2.75, 3.05) is 6.54 Å². The van der Waals surface area contributed by atoms with Gasteiger partial charge in [-0.25, -0.2) is 0 Å². The molecule has 1 atom stereocenters. The fourth-order valence-corrected chi connectivity index (χ4v) is 4.62. The van der Waals surface area contributed by atoms with Crippen molar-refractivity contribution in [3.8, 4) is 0 Å². The van der Waals surface area contributed by atoms with E-state index in [0.717, 1.165) is 24.0 Å². The normalized spacial score (nSPS) is 11.7. The number of unbranched alkanes of at least 4 members (excludes halogenated alkanes) is 1. The highest BCUT2D eigenvalue weighted by Crippen LogP contribution is 2.26. The van der Waals surface area contributed by atoms with Crippen molar-refractivity contribution in [1.29, 1.82) is 0 Å². The molecule has 3 rings (SSSR count). The lowest BCUT2D eigenvalue weighted by atomic mass is 10.0. The van der Waals surface area contributed by atoms with E-state index >= 15 is 0 Å². The number of nitrogens with zero attached hydrogens (tertiary/aromatic N) is 1. The van der Waals surface area contributed by atoms with Gasteiger partial charge in [0.05, 0.1) is 16.5 Å².